The molecule has 1 heterocycles. The van der Waals surface area contributed by atoms with Gasteiger partial charge in [-0.15, -0.1) is 0 Å². The van der Waals surface area contributed by atoms with E-state index < -0.39 is 29.9 Å². The normalized spacial score (nSPS) is 21.5. The summed E-state index contributed by atoms with van der Waals surface area (Å²) in [5.74, 6) is -0.979. The molecule has 0 saturated carbocycles. The third-order valence-electron chi connectivity index (χ3n) is 5.45. The highest BCUT2D eigenvalue weighted by molar-refractivity contribution is 6.62. The van der Waals surface area contributed by atoms with Gasteiger partial charge in [-0.25, -0.2) is 0 Å². The molecule has 1 saturated heterocycles. The Hall–Kier alpha value is -2.05. The minimum atomic E-state index is -0.550. The van der Waals surface area contributed by atoms with E-state index in [1.165, 1.54) is 0 Å². The largest absolute Gasteiger partial charge is 0.494 e. The van der Waals surface area contributed by atoms with E-state index in [0.717, 1.165) is 5.46 Å². The second-order valence-electron chi connectivity index (χ2n) is 7.84. The van der Waals surface area contributed by atoms with Crippen LogP contribution in [-0.4, -0.2) is 35.7 Å². The van der Waals surface area contributed by atoms with Gasteiger partial charge in [0.05, 0.1) is 11.2 Å². The van der Waals surface area contributed by atoms with Crippen LogP contribution >= 0.6 is 0 Å². The second kappa shape index (κ2) is 6.60. The first-order valence-electron chi connectivity index (χ1n) is 8.86. The van der Waals surface area contributed by atoms with Crippen molar-refractivity contribution in [1.82, 2.24) is 0 Å². The molecule has 0 atom stereocenters. The van der Waals surface area contributed by atoms with Crippen molar-refractivity contribution in [2.75, 3.05) is 0 Å². The zero-order valence-corrected chi connectivity index (χ0v) is 15.6. The SMILES string of the molecule is CC1(C)OB(c2ccc(C(=O)C(=O)C3=CCC(=O)CC3)cc2)OC1(C)C. The molecule has 0 unspecified atom stereocenters. The highest BCUT2D eigenvalue weighted by atomic mass is 16.7. The van der Waals surface area contributed by atoms with Crippen molar-refractivity contribution >= 4 is 29.9 Å². The summed E-state index contributed by atoms with van der Waals surface area (Å²) in [5.41, 5.74) is 0.688. The smallest absolute Gasteiger partial charge is 0.399 e. The molecule has 3 rings (SSSR count). The van der Waals surface area contributed by atoms with E-state index in [-0.39, 0.29) is 12.2 Å². The van der Waals surface area contributed by atoms with Crippen LogP contribution in [0.2, 0.25) is 0 Å². The Morgan fingerprint density at radius 3 is 2.00 bits per heavy atom. The van der Waals surface area contributed by atoms with Gasteiger partial charge in [0.2, 0.25) is 11.6 Å². The molecule has 0 spiro atoms. The van der Waals surface area contributed by atoms with Gasteiger partial charge in [0.1, 0.15) is 5.78 Å². The zero-order chi connectivity index (χ0) is 19.1. The minimum Gasteiger partial charge on any atom is -0.399 e. The van der Waals surface area contributed by atoms with Gasteiger partial charge in [0.15, 0.2) is 0 Å². The molecule has 1 aliphatic heterocycles. The monoisotopic (exact) mass is 354 g/mol. The van der Waals surface area contributed by atoms with Crippen molar-refractivity contribution in [3.63, 3.8) is 0 Å². The lowest BCUT2D eigenvalue weighted by atomic mass is 9.78. The van der Waals surface area contributed by atoms with Gasteiger partial charge in [0, 0.05) is 24.0 Å². The molecule has 0 N–H and O–H groups in total. The molecule has 1 aliphatic carbocycles. The first kappa shape index (κ1) is 18.7. The Morgan fingerprint density at radius 2 is 1.50 bits per heavy atom. The number of Topliss-reactive ketones (excluding diaryl/α,β-unsaturated/α-hetero) is 3. The summed E-state index contributed by atoms with van der Waals surface area (Å²) in [4.78, 5) is 36.0. The molecule has 1 aromatic carbocycles. The molecule has 5 nitrogen and oxygen atoms in total. The fourth-order valence-electron chi connectivity index (χ4n) is 2.97. The van der Waals surface area contributed by atoms with Crippen LogP contribution < -0.4 is 5.46 Å². The summed E-state index contributed by atoms with van der Waals surface area (Å²) in [6, 6.07) is 6.74. The summed E-state index contributed by atoms with van der Waals surface area (Å²) in [5, 5.41) is 0. The maximum Gasteiger partial charge on any atom is 0.494 e. The molecule has 0 aromatic heterocycles. The molecular weight excluding hydrogens is 331 g/mol. The molecule has 0 amide bonds. The average molecular weight is 354 g/mol. The van der Waals surface area contributed by atoms with Gasteiger partial charge in [-0.3, -0.25) is 14.4 Å². The van der Waals surface area contributed by atoms with Crippen molar-refractivity contribution < 1.29 is 23.7 Å². The third-order valence-corrected chi connectivity index (χ3v) is 5.45. The van der Waals surface area contributed by atoms with Crippen molar-refractivity contribution in [3.8, 4) is 0 Å². The lowest BCUT2D eigenvalue weighted by molar-refractivity contribution is -0.118. The maximum atomic E-state index is 12.4. The average Bonchev–Trinajstić information content (AvgIpc) is 2.82. The van der Waals surface area contributed by atoms with E-state index >= 15 is 0 Å². The quantitative estimate of drug-likeness (QED) is 0.472. The van der Waals surface area contributed by atoms with Gasteiger partial charge in [-0.1, -0.05) is 30.3 Å². The van der Waals surface area contributed by atoms with E-state index in [1.807, 2.05) is 27.7 Å². The number of hydrogen-bond acceptors (Lipinski definition) is 5. The summed E-state index contributed by atoms with van der Waals surface area (Å²) < 4.78 is 12.0. The molecule has 0 bridgehead atoms. The summed E-state index contributed by atoms with van der Waals surface area (Å²) >= 11 is 0. The number of ketones is 3. The molecule has 26 heavy (non-hydrogen) atoms. The molecule has 2 aliphatic rings. The predicted octanol–water partition coefficient (Wildman–Crippen LogP) is 2.42. The highest BCUT2D eigenvalue weighted by Gasteiger charge is 2.51. The predicted molar refractivity (Wildman–Crippen MR) is 98.4 cm³/mol. The Kier molecular flexibility index (Phi) is 4.75. The van der Waals surface area contributed by atoms with Crippen LogP contribution in [0.3, 0.4) is 0 Å². The molecule has 1 fully saturated rings. The van der Waals surface area contributed by atoms with Crippen molar-refractivity contribution in [3.05, 3.63) is 41.5 Å². The van der Waals surface area contributed by atoms with Gasteiger partial charge in [-0.2, -0.15) is 0 Å². The maximum absolute atomic E-state index is 12.4. The topological polar surface area (TPSA) is 69.7 Å². The number of carbonyl (C=O) groups excluding carboxylic acids is 3. The molecule has 6 heteroatoms. The van der Waals surface area contributed by atoms with Crippen LogP contribution in [0.15, 0.2) is 35.9 Å². The summed E-state index contributed by atoms with van der Waals surface area (Å²) in [7, 11) is -0.507. The highest BCUT2D eigenvalue weighted by Crippen LogP contribution is 2.36. The Labute approximate surface area is 153 Å². The van der Waals surface area contributed by atoms with Crippen molar-refractivity contribution in [2.45, 2.75) is 58.2 Å². The van der Waals surface area contributed by atoms with Crippen LogP contribution in [0.1, 0.15) is 57.3 Å². The summed E-state index contributed by atoms with van der Waals surface area (Å²) in [6.07, 6.45) is 2.47. The van der Waals surface area contributed by atoms with E-state index in [2.05, 4.69) is 0 Å². The molecule has 136 valence electrons. The van der Waals surface area contributed by atoms with Gasteiger partial charge >= 0.3 is 7.12 Å². The summed E-state index contributed by atoms with van der Waals surface area (Å²) in [6.45, 7) is 7.91. The van der Waals surface area contributed by atoms with E-state index in [0.29, 0.717) is 24.0 Å². The van der Waals surface area contributed by atoms with E-state index in [4.69, 9.17) is 9.31 Å². The van der Waals surface area contributed by atoms with Crippen LogP contribution in [0.4, 0.5) is 0 Å². The standard InChI is InChI=1S/C20H23BO5/c1-19(2)20(3,4)26-21(25-19)15-9-5-13(6-10-15)17(23)18(24)14-7-11-16(22)12-8-14/h5-7,9-10H,8,11-12H2,1-4H3. The number of carbonyl (C=O) groups is 3. The van der Waals surface area contributed by atoms with Crippen LogP contribution in [0.5, 0.6) is 0 Å². The first-order chi connectivity index (χ1) is 12.1. The zero-order valence-electron chi connectivity index (χ0n) is 15.6. The van der Waals surface area contributed by atoms with Crippen LogP contribution in [-0.2, 0) is 18.9 Å². The number of hydrogen-bond donors (Lipinski definition) is 0. The second-order valence-corrected chi connectivity index (χ2v) is 7.84. The van der Waals surface area contributed by atoms with E-state index in [9.17, 15) is 14.4 Å². The number of allylic oxidation sites excluding steroid dienone is 2. The first-order valence-corrected chi connectivity index (χ1v) is 8.86. The molecular formula is C20H23BO5. The van der Waals surface area contributed by atoms with Gasteiger partial charge < -0.3 is 9.31 Å². The Balaban J connectivity index is 1.73. The molecule has 0 radical (unpaired) electrons. The van der Waals surface area contributed by atoms with Crippen molar-refractivity contribution in [1.29, 1.82) is 0 Å². The van der Waals surface area contributed by atoms with Crippen LogP contribution in [0.25, 0.3) is 0 Å². The van der Waals surface area contributed by atoms with E-state index in [1.54, 1.807) is 30.3 Å². The molecule has 1 aromatic rings. The fourth-order valence-corrected chi connectivity index (χ4v) is 2.97. The van der Waals surface area contributed by atoms with Crippen LogP contribution in [0, 0.1) is 0 Å². The number of benzene rings is 1. The third kappa shape index (κ3) is 3.44. The van der Waals surface area contributed by atoms with Crippen molar-refractivity contribution in [2.24, 2.45) is 0 Å². The fraction of sp³-hybridized carbons (Fsp3) is 0.450. The minimum absolute atomic E-state index is 0.0979. The Morgan fingerprint density at radius 1 is 0.923 bits per heavy atom. The lowest BCUT2D eigenvalue weighted by Crippen LogP contribution is -2.41. The Bertz CT molecular complexity index is 773. The van der Waals surface area contributed by atoms with Gasteiger partial charge in [0.25, 0.3) is 0 Å². The lowest BCUT2D eigenvalue weighted by Gasteiger charge is -2.32. The van der Waals surface area contributed by atoms with Gasteiger partial charge in [-0.05, 0) is 39.6 Å². The number of rotatable bonds is 4.